The first-order chi connectivity index (χ1) is 13.0. The first-order valence-corrected chi connectivity index (χ1v) is 9.05. The highest BCUT2D eigenvalue weighted by Crippen LogP contribution is 2.25. The summed E-state index contributed by atoms with van der Waals surface area (Å²) in [4.78, 5) is 16.9. The van der Waals surface area contributed by atoms with Crippen LogP contribution in [0.5, 0.6) is 5.75 Å². The third-order valence-electron chi connectivity index (χ3n) is 5.10. The minimum absolute atomic E-state index is 0.00327. The van der Waals surface area contributed by atoms with E-state index in [0.29, 0.717) is 13.1 Å². The van der Waals surface area contributed by atoms with E-state index in [1.807, 2.05) is 43.1 Å². The summed E-state index contributed by atoms with van der Waals surface area (Å²) in [6.45, 7) is 3.99. The molecule has 0 spiro atoms. The van der Waals surface area contributed by atoms with Gasteiger partial charge >= 0.3 is 0 Å². The lowest BCUT2D eigenvalue weighted by Crippen LogP contribution is -2.48. The van der Waals surface area contributed by atoms with Crippen LogP contribution < -0.4 is 4.74 Å². The third kappa shape index (κ3) is 4.55. The molecule has 0 saturated carbocycles. The normalized spacial score (nSPS) is 18.4. The Labute approximate surface area is 159 Å². The highest BCUT2D eigenvalue weighted by Gasteiger charge is 2.27. The topological polar surface area (TPSA) is 32.8 Å². The van der Waals surface area contributed by atoms with Gasteiger partial charge in [0.2, 0.25) is 5.91 Å². The number of carbonyl (C=O) groups excluding carboxylic acids is 1. The first kappa shape index (κ1) is 19.1. The number of rotatable bonds is 4. The van der Waals surface area contributed by atoms with Crippen LogP contribution in [-0.2, 0) is 4.79 Å². The van der Waals surface area contributed by atoms with Crippen molar-refractivity contribution in [1.82, 2.24) is 9.80 Å². The van der Waals surface area contributed by atoms with Crippen molar-refractivity contribution in [3.05, 3.63) is 71.6 Å². The second-order valence-corrected chi connectivity index (χ2v) is 6.89. The standard InChI is InChI=1S/C22H25FN2O2/c1-16(17-6-10-20(27-3)11-7-17)14-22(26)25-13-12-24(2)21(15-25)18-4-8-19(23)9-5-18/h4-11,14,21H,12-13,15H2,1-3H3/b16-14+. The van der Waals surface area contributed by atoms with E-state index in [2.05, 4.69) is 4.90 Å². The van der Waals surface area contributed by atoms with E-state index in [9.17, 15) is 9.18 Å². The number of allylic oxidation sites excluding steroid dienone is 1. The molecule has 1 amide bonds. The Morgan fingerprint density at radius 3 is 2.41 bits per heavy atom. The summed E-state index contributed by atoms with van der Waals surface area (Å²) in [7, 11) is 3.67. The van der Waals surface area contributed by atoms with Crippen molar-refractivity contribution in [2.75, 3.05) is 33.8 Å². The number of benzene rings is 2. The Balaban J connectivity index is 1.72. The smallest absolute Gasteiger partial charge is 0.246 e. The summed E-state index contributed by atoms with van der Waals surface area (Å²) >= 11 is 0. The van der Waals surface area contributed by atoms with Gasteiger partial charge in [0.1, 0.15) is 11.6 Å². The van der Waals surface area contributed by atoms with Gasteiger partial charge in [-0.3, -0.25) is 9.69 Å². The Morgan fingerprint density at radius 1 is 1.11 bits per heavy atom. The van der Waals surface area contributed by atoms with Crippen molar-refractivity contribution in [2.45, 2.75) is 13.0 Å². The van der Waals surface area contributed by atoms with Gasteiger partial charge in [-0.15, -0.1) is 0 Å². The molecule has 0 N–H and O–H groups in total. The maximum Gasteiger partial charge on any atom is 0.246 e. The molecule has 0 aromatic heterocycles. The molecular formula is C22H25FN2O2. The fourth-order valence-electron chi connectivity index (χ4n) is 3.33. The van der Waals surface area contributed by atoms with E-state index in [-0.39, 0.29) is 17.8 Å². The van der Waals surface area contributed by atoms with Gasteiger partial charge in [0.05, 0.1) is 13.2 Å². The van der Waals surface area contributed by atoms with Gasteiger partial charge in [-0.1, -0.05) is 24.3 Å². The maximum absolute atomic E-state index is 13.2. The molecule has 142 valence electrons. The number of halogens is 1. The SMILES string of the molecule is COc1ccc(/C(C)=C/C(=O)N2CCN(C)C(c3ccc(F)cc3)C2)cc1. The molecule has 1 aliphatic rings. The first-order valence-electron chi connectivity index (χ1n) is 9.05. The van der Waals surface area contributed by atoms with Crippen LogP contribution in [0.25, 0.3) is 5.57 Å². The van der Waals surface area contributed by atoms with Gasteiger partial charge in [0.25, 0.3) is 0 Å². The molecule has 1 heterocycles. The molecule has 1 atom stereocenters. The highest BCUT2D eigenvalue weighted by molar-refractivity contribution is 5.95. The lowest BCUT2D eigenvalue weighted by atomic mass is 10.0. The number of hydrogen-bond donors (Lipinski definition) is 0. The van der Waals surface area contributed by atoms with Gasteiger partial charge in [0, 0.05) is 25.7 Å². The Hall–Kier alpha value is -2.66. The van der Waals surface area contributed by atoms with E-state index in [1.54, 1.807) is 25.3 Å². The summed E-state index contributed by atoms with van der Waals surface area (Å²) in [5, 5.41) is 0. The molecule has 0 bridgehead atoms. The summed E-state index contributed by atoms with van der Waals surface area (Å²) in [5.74, 6) is 0.547. The molecule has 3 rings (SSSR count). The van der Waals surface area contributed by atoms with Gasteiger partial charge < -0.3 is 9.64 Å². The van der Waals surface area contributed by atoms with Crippen LogP contribution >= 0.6 is 0 Å². The molecule has 1 unspecified atom stereocenters. The fourth-order valence-corrected chi connectivity index (χ4v) is 3.33. The van der Waals surface area contributed by atoms with Gasteiger partial charge in [-0.25, -0.2) is 4.39 Å². The number of ether oxygens (including phenoxy) is 1. The van der Waals surface area contributed by atoms with Gasteiger partial charge in [0.15, 0.2) is 0 Å². The summed E-state index contributed by atoms with van der Waals surface area (Å²) in [6, 6.07) is 14.3. The molecule has 1 saturated heterocycles. The predicted molar refractivity (Wildman–Crippen MR) is 105 cm³/mol. The summed E-state index contributed by atoms with van der Waals surface area (Å²) in [6.07, 6.45) is 1.69. The van der Waals surface area contributed by atoms with Crippen molar-refractivity contribution >= 4 is 11.5 Å². The molecule has 2 aromatic rings. The zero-order chi connectivity index (χ0) is 19.4. The Bertz CT molecular complexity index is 815. The monoisotopic (exact) mass is 368 g/mol. The van der Waals surface area contributed by atoms with Gasteiger partial charge in [-0.2, -0.15) is 0 Å². The maximum atomic E-state index is 13.2. The summed E-state index contributed by atoms with van der Waals surface area (Å²) in [5.41, 5.74) is 2.93. The zero-order valence-corrected chi connectivity index (χ0v) is 16.0. The van der Waals surface area contributed by atoms with Crippen molar-refractivity contribution in [1.29, 1.82) is 0 Å². The van der Waals surface area contributed by atoms with Crippen LogP contribution in [0, 0.1) is 5.82 Å². The average Bonchev–Trinajstić information content (AvgIpc) is 2.69. The molecule has 27 heavy (non-hydrogen) atoms. The number of methoxy groups -OCH3 is 1. The van der Waals surface area contributed by atoms with Crippen LogP contribution in [0.2, 0.25) is 0 Å². The van der Waals surface area contributed by atoms with Gasteiger partial charge in [-0.05, 0) is 54.9 Å². The van der Waals surface area contributed by atoms with Crippen LogP contribution in [0.3, 0.4) is 0 Å². The van der Waals surface area contributed by atoms with E-state index in [1.165, 1.54) is 12.1 Å². The number of hydrogen-bond acceptors (Lipinski definition) is 3. The zero-order valence-electron chi connectivity index (χ0n) is 16.0. The molecule has 4 nitrogen and oxygen atoms in total. The number of piperazine rings is 1. The van der Waals surface area contributed by atoms with Crippen LogP contribution in [0.4, 0.5) is 4.39 Å². The van der Waals surface area contributed by atoms with E-state index >= 15 is 0 Å². The summed E-state index contributed by atoms with van der Waals surface area (Å²) < 4.78 is 18.4. The second-order valence-electron chi connectivity index (χ2n) is 6.89. The number of amides is 1. The van der Waals surface area contributed by atoms with Crippen molar-refractivity contribution in [3.63, 3.8) is 0 Å². The highest BCUT2D eigenvalue weighted by atomic mass is 19.1. The number of carbonyl (C=O) groups is 1. The second kappa shape index (κ2) is 8.35. The molecule has 1 aliphatic heterocycles. The predicted octanol–water partition coefficient (Wildman–Crippen LogP) is 3.75. The fraction of sp³-hybridized carbons (Fsp3) is 0.318. The molecule has 0 aliphatic carbocycles. The number of nitrogens with zero attached hydrogens (tertiary/aromatic N) is 2. The van der Waals surface area contributed by atoms with E-state index < -0.39 is 0 Å². The van der Waals surface area contributed by atoms with E-state index in [0.717, 1.165) is 29.0 Å². The van der Waals surface area contributed by atoms with E-state index in [4.69, 9.17) is 4.74 Å². The molecule has 1 fully saturated rings. The van der Waals surface area contributed by atoms with Crippen molar-refractivity contribution in [3.8, 4) is 5.75 Å². The quantitative estimate of drug-likeness (QED) is 0.771. The molecular weight excluding hydrogens is 343 g/mol. The largest absolute Gasteiger partial charge is 0.497 e. The Kier molecular flexibility index (Phi) is 5.91. The third-order valence-corrected chi connectivity index (χ3v) is 5.10. The lowest BCUT2D eigenvalue weighted by molar-refractivity contribution is -0.128. The minimum Gasteiger partial charge on any atom is -0.497 e. The minimum atomic E-state index is -0.247. The van der Waals surface area contributed by atoms with Crippen molar-refractivity contribution in [2.24, 2.45) is 0 Å². The number of likely N-dealkylation sites (N-methyl/N-ethyl adjacent to an activating group) is 1. The van der Waals surface area contributed by atoms with Crippen LogP contribution in [0.1, 0.15) is 24.1 Å². The van der Waals surface area contributed by atoms with Crippen molar-refractivity contribution < 1.29 is 13.9 Å². The molecule has 0 radical (unpaired) electrons. The molecule has 5 heteroatoms. The van der Waals surface area contributed by atoms with Crippen LogP contribution in [-0.4, -0.2) is 49.5 Å². The Morgan fingerprint density at radius 2 is 1.78 bits per heavy atom. The average molecular weight is 368 g/mol. The lowest BCUT2D eigenvalue weighted by Gasteiger charge is -2.39. The van der Waals surface area contributed by atoms with Crippen LogP contribution in [0.15, 0.2) is 54.6 Å². The molecule has 2 aromatic carbocycles.